The highest BCUT2D eigenvalue weighted by Gasteiger charge is 2.21. The number of carbonyl (C=O) groups excluding carboxylic acids is 1. The lowest BCUT2D eigenvalue weighted by atomic mass is 10.1. The molecule has 0 unspecified atom stereocenters. The summed E-state index contributed by atoms with van der Waals surface area (Å²) in [5.41, 5.74) is 0.895. The van der Waals surface area contributed by atoms with Gasteiger partial charge in [-0.05, 0) is 49.2 Å². The van der Waals surface area contributed by atoms with Gasteiger partial charge in [-0.3, -0.25) is 9.36 Å². The van der Waals surface area contributed by atoms with Crippen LogP contribution in [-0.2, 0) is 4.79 Å². The van der Waals surface area contributed by atoms with E-state index in [2.05, 4.69) is 10.2 Å². The van der Waals surface area contributed by atoms with Gasteiger partial charge in [-0.1, -0.05) is 43.2 Å². The van der Waals surface area contributed by atoms with E-state index < -0.39 is 5.82 Å². The van der Waals surface area contributed by atoms with Gasteiger partial charge >= 0.3 is 0 Å². The molecule has 31 heavy (non-hydrogen) atoms. The van der Waals surface area contributed by atoms with Gasteiger partial charge in [0.05, 0.1) is 11.3 Å². The molecule has 1 saturated heterocycles. The molecule has 0 bridgehead atoms. The Kier molecular flexibility index (Phi) is 6.96. The molecule has 0 aliphatic carbocycles. The zero-order valence-corrected chi connectivity index (χ0v) is 18.0. The van der Waals surface area contributed by atoms with Crippen molar-refractivity contribution in [3.63, 3.8) is 0 Å². The molecule has 0 radical (unpaired) electrons. The van der Waals surface area contributed by atoms with E-state index in [0.717, 1.165) is 38.8 Å². The molecular weight excluding hydrogens is 418 g/mol. The number of aromatic nitrogens is 3. The van der Waals surface area contributed by atoms with Gasteiger partial charge in [-0.2, -0.15) is 0 Å². The number of amides is 1. The van der Waals surface area contributed by atoms with Crippen LogP contribution in [0.4, 0.5) is 8.78 Å². The topological polar surface area (TPSA) is 51.0 Å². The molecule has 0 atom stereocenters. The first-order valence-electron chi connectivity index (χ1n) is 10.5. The van der Waals surface area contributed by atoms with E-state index in [1.807, 2.05) is 4.90 Å². The second-order valence-corrected chi connectivity index (χ2v) is 8.48. The van der Waals surface area contributed by atoms with Crippen molar-refractivity contribution in [3.8, 4) is 17.1 Å². The summed E-state index contributed by atoms with van der Waals surface area (Å²) in [4.78, 5) is 14.7. The maximum Gasteiger partial charge on any atom is 0.233 e. The molecule has 1 aliphatic rings. The van der Waals surface area contributed by atoms with Gasteiger partial charge < -0.3 is 4.90 Å². The molecule has 1 amide bonds. The first-order chi connectivity index (χ1) is 15.1. The lowest BCUT2D eigenvalue weighted by Gasteiger charge is -2.24. The second kappa shape index (κ2) is 10.0. The van der Waals surface area contributed by atoms with Crippen molar-refractivity contribution in [2.75, 3.05) is 18.8 Å². The number of benzene rings is 2. The first-order valence-corrected chi connectivity index (χ1v) is 11.5. The standard InChI is InChI=1S/C23H24F2N4OS/c24-17-10-12-18(13-11-17)29-22(19-8-4-5-9-20(19)25)26-27-23(29)31-16-21(30)28-14-6-2-1-3-7-15-28/h4-5,8-13H,1-3,6-7,14-16H2. The Hall–Kier alpha value is -2.74. The van der Waals surface area contributed by atoms with Gasteiger partial charge in [-0.15, -0.1) is 10.2 Å². The third kappa shape index (κ3) is 5.12. The van der Waals surface area contributed by atoms with Gasteiger partial charge in [-0.25, -0.2) is 8.78 Å². The number of carbonyl (C=O) groups is 1. The molecule has 1 aromatic heterocycles. The highest BCUT2D eigenvalue weighted by Crippen LogP contribution is 2.29. The van der Waals surface area contributed by atoms with E-state index in [1.54, 1.807) is 34.9 Å². The molecule has 1 aliphatic heterocycles. The molecule has 4 rings (SSSR count). The van der Waals surface area contributed by atoms with E-state index in [4.69, 9.17) is 0 Å². The molecule has 0 N–H and O–H groups in total. The van der Waals surface area contributed by atoms with Gasteiger partial charge in [0, 0.05) is 18.8 Å². The maximum atomic E-state index is 14.5. The van der Waals surface area contributed by atoms with Crippen LogP contribution in [0.25, 0.3) is 17.1 Å². The highest BCUT2D eigenvalue weighted by molar-refractivity contribution is 7.99. The van der Waals surface area contributed by atoms with Crippen molar-refractivity contribution in [1.82, 2.24) is 19.7 Å². The van der Waals surface area contributed by atoms with Crippen LogP contribution in [0.3, 0.4) is 0 Å². The van der Waals surface area contributed by atoms with Crippen molar-refractivity contribution < 1.29 is 13.6 Å². The number of likely N-dealkylation sites (tertiary alicyclic amines) is 1. The fourth-order valence-electron chi connectivity index (χ4n) is 3.72. The van der Waals surface area contributed by atoms with E-state index >= 15 is 0 Å². The summed E-state index contributed by atoms with van der Waals surface area (Å²) in [7, 11) is 0. The molecule has 162 valence electrons. The Labute approximate surface area is 184 Å². The summed E-state index contributed by atoms with van der Waals surface area (Å²) in [6, 6.07) is 12.2. The van der Waals surface area contributed by atoms with Crippen LogP contribution >= 0.6 is 11.8 Å². The van der Waals surface area contributed by atoms with Crippen LogP contribution in [0, 0.1) is 11.6 Å². The van der Waals surface area contributed by atoms with Crippen molar-refractivity contribution in [2.45, 2.75) is 37.3 Å². The Bertz CT molecular complexity index is 1030. The van der Waals surface area contributed by atoms with E-state index in [-0.39, 0.29) is 17.5 Å². The molecule has 8 heteroatoms. The summed E-state index contributed by atoms with van der Waals surface area (Å²) in [6.45, 7) is 1.56. The molecule has 2 heterocycles. The minimum Gasteiger partial charge on any atom is -0.342 e. The van der Waals surface area contributed by atoms with Gasteiger partial charge in [0.15, 0.2) is 11.0 Å². The number of thioether (sulfide) groups is 1. The summed E-state index contributed by atoms with van der Waals surface area (Å²) < 4.78 is 29.6. The van der Waals surface area contributed by atoms with Crippen molar-refractivity contribution in [2.24, 2.45) is 0 Å². The van der Waals surface area contributed by atoms with Crippen LogP contribution in [0.15, 0.2) is 53.7 Å². The summed E-state index contributed by atoms with van der Waals surface area (Å²) in [5, 5.41) is 8.89. The van der Waals surface area contributed by atoms with Crippen LogP contribution in [0.1, 0.15) is 32.1 Å². The summed E-state index contributed by atoms with van der Waals surface area (Å²) in [6.07, 6.45) is 5.60. The molecule has 2 aromatic carbocycles. The fraction of sp³-hybridized carbons (Fsp3) is 0.348. The monoisotopic (exact) mass is 442 g/mol. The number of rotatable bonds is 5. The number of hydrogen-bond donors (Lipinski definition) is 0. The van der Waals surface area contributed by atoms with Crippen LogP contribution < -0.4 is 0 Å². The van der Waals surface area contributed by atoms with E-state index in [1.165, 1.54) is 36.4 Å². The molecule has 5 nitrogen and oxygen atoms in total. The van der Waals surface area contributed by atoms with Crippen LogP contribution in [-0.4, -0.2) is 44.4 Å². The third-order valence-electron chi connectivity index (χ3n) is 5.37. The Morgan fingerprint density at radius 2 is 1.58 bits per heavy atom. The highest BCUT2D eigenvalue weighted by atomic mass is 32.2. The third-order valence-corrected chi connectivity index (χ3v) is 6.28. The maximum absolute atomic E-state index is 14.5. The van der Waals surface area contributed by atoms with Crippen LogP contribution in [0.2, 0.25) is 0 Å². The molecule has 0 spiro atoms. The lowest BCUT2D eigenvalue weighted by Crippen LogP contribution is -2.35. The fourth-order valence-corrected chi connectivity index (χ4v) is 4.57. The molecule has 1 fully saturated rings. The quantitative estimate of drug-likeness (QED) is 0.516. The smallest absolute Gasteiger partial charge is 0.233 e. The average molecular weight is 443 g/mol. The predicted octanol–water partition coefficient (Wildman–Crippen LogP) is 5.10. The Morgan fingerprint density at radius 1 is 0.903 bits per heavy atom. The summed E-state index contributed by atoms with van der Waals surface area (Å²) in [5.74, 6) is -0.201. The molecule has 0 saturated carbocycles. The largest absolute Gasteiger partial charge is 0.342 e. The predicted molar refractivity (Wildman–Crippen MR) is 117 cm³/mol. The number of hydrogen-bond acceptors (Lipinski definition) is 4. The second-order valence-electron chi connectivity index (χ2n) is 7.54. The van der Waals surface area contributed by atoms with E-state index in [9.17, 15) is 13.6 Å². The molecule has 3 aromatic rings. The van der Waals surface area contributed by atoms with Gasteiger partial charge in [0.1, 0.15) is 11.6 Å². The zero-order valence-electron chi connectivity index (χ0n) is 17.1. The van der Waals surface area contributed by atoms with Crippen molar-refractivity contribution in [3.05, 3.63) is 60.2 Å². The van der Waals surface area contributed by atoms with E-state index in [0.29, 0.717) is 22.2 Å². The number of nitrogens with zero attached hydrogens (tertiary/aromatic N) is 4. The van der Waals surface area contributed by atoms with Crippen molar-refractivity contribution >= 4 is 17.7 Å². The van der Waals surface area contributed by atoms with Gasteiger partial charge in [0.2, 0.25) is 5.91 Å². The Balaban J connectivity index is 1.61. The van der Waals surface area contributed by atoms with Gasteiger partial charge in [0.25, 0.3) is 0 Å². The Morgan fingerprint density at radius 3 is 2.29 bits per heavy atom. The lowest BCUT2D eigenvalue weighted by molar-refractivity contribution is -0.128. The molecular formula is C23H24F2N4OS. The van der Waals surface area contributed by atoms with Crippen molar-refractivity contribution in [1.29, 1.82) is 0 Å². The zero-order chi connectivity index (χ0) is 21.6. The van der Waals surface area contributed by atoms with Crippen LogP contribution in [0.5, 0.6) is 0 Å². The average Bonchev–Trinajstić information content (AvgIpc) is 3.16. The normalized spacial score (nSPS) is 14.8. The first kappa shape index (κ1) is 21.5. The minimum atomic E-state index is -0.425. The SMILES string of the molecule is O=C(CSc1nnc(-c2ccccc2F)n1-c1ccc(F)cc1)N1CCCCCCC1. The summed E-state index contributed by atoms with van der Waals surface area (Å²) >= 11 is 1.26. The number of halogens is 2. The minimum absolute atomic E-state index is 0.0630.